The minimum Gasteiger partial charge on any atom is -0.491 e. The van der Waals surface area contributed by atoms with Crippen molar-refractivity contribution < 1.29 is 31.9 Å². The molecule has 2 aromatic carbocycles. The van der Waals surface area contributed by atoms with Crippen LogP contribution < -0.4 is 15.4 Å². The van der Waals surface area contributed by atoms with Gasteiger partial charge in [-0.2, -0.15) is 27.8 Å². The third kappa shape index (κ3) is 5.74. The van der Waals surface area contributed by atoms with Gasteiger partial charge in [-0.25, -0.2) is 9.67 Å². The van der Waals surface area contributed by atoms with Crippen LogP contribution in [0.15, 0.2) is 77.5 Å². The van der Waals surface area contributed by atoms with Crippen molar-refractivity contribution in [2.24, 2.45) is 0 Å². The van der Waals surface area contributed by atoms with E-state index in [1.54, 1.807) is 24.1 Å². The maximum Gasteiger partial charge on any atom is 0.416 e. The Morgan fingerprint density at radius 1 is 0.979 bits per heavy atom. The van der Waals surface area contributed by atoms with Crippen LogP contribution in [-0.2, 0) is 15.7 Å². The molecule has 1 unspecified atom stereocenters. The van der Waals surface area contributed by atoms with Gasteiger partial charge in [-0.05, 0) is 48.0 Å². The first kappa shape index (κ1) is 31.0. The average molecular weight is 662 g/mol. The van der Waals surface area contributed by atoms with Crippen molar-refractivity contribution in [1.82, 2.24) is 34.3 Å². The number of alkyl halides is 3. The van der Waals surface area contributed by atoms with Crippen LogP contribution in [0.2, 0.25) is 0 Å². The minimum atomic E-state index is -4.74. The Morgan fingerprint density at radius 3 is 2.46 bits per heavy atom. The zero-order valence-corrected chi connectivity index (χ0v) is 25.7. The number of carbonyl (C=O) groups is 1. The van der Waals surface area contributed by atoms with Gasteiger partial charge in [0.1, 0.15) is 12.4 Å². The lowest BCUT2D eigenvalue weighted by Gasteiger charge is -2.38. The molecule has 1 atom stereocenters. The number of nitrogens with two attached hydrogens (primary N) is 1. The lowest BCUT2D eigenvalue weighted by molar-refractivity contribution is -0.140. The number of piperazine rings is 1. The fraction of sp³-hybridized carbons (Fsp3) is 0.281. The van der Waals surface area contributed by atoms with E-state index in [2.05, 4.69) is 25.1 Å². The van der Waals surface area contributed by atoms with E-state index in [0.717, 1.165) is 11.8 Å². The van der Waals surface area contributed by atoms with Crippen LogP contribution in [0.4, 0.5) is 24.8 Å². The lowest BCUT2D eigenvalue weighted by atomic mass is 9.98. The number of amides is 1. The highest BCUT2D eigenvalue weighted by Crippen LogP contribution is 2.38. The summed E-state index contributed by atoms with van der Waals surface area (Å²) < 4.78 is 61.7. The molecule has 0 saturated carbocycles. The van der Waals surface area contributed by atoms with E-state index in [-0.39, 0.29) is 41.7 Å². The molecule has 1 saturated heterocycles. The largest absolute Gasteiger partial charge is 0.491 e. The number of benzene rings is 2. The number of aromatic nitrogens is 6. The molecule has 0 bridgehead atoms. The predicted octanol–water partition coefficient (Wildman–Crippen LogP) is 4.30. The molecular formula is C32H30F3N9O4. The first-order chi connectivity index (χ1) is 23.2. The number of ether oxygens (including phenoxy) is 2. The summed E-state index contributed by atoms with van der Waals surface area (Å²) >= 11 is 0. The topological polar surface area (TPSA) is 142 Å². The molecular weight excluding hydrogens is 631 g/mol. The van der Waals surface area contributed by atoms with Crippen molar-refractivity contribution in [3.63, 3.8) is 0 Å². The molecule has 1 fully saturated rings. The standard InChI is InChI=1S/C32H30F3N9O4/c1-46-17-18-47-21-10-8-20(9-11-21)41-12-14-42(15-13-41)30(45)26(22-5-2-3-6-24(22)32(33,34)35)43-29-23(19-37-43)28-38-27(25-7-4-16-48-25)40-44(28)31(36)39-29/h2-11,16,19,26H,12-15,17-18H2,1H3,(H2,36,39). The Morgan fingerprint density at radius 2 is 1.75 bits per heavy atom. The first-order valence-corrected chi connectivity index (χ1v) is 15.1. The van der Waals surface area contributed by atoms with Gasteiger partial charge in [-0.15, -0.1) is 5.10 Å². The van der Waals surface area contributed by atoms with Crippen molar-refractivity contribution in [3.8, 4) is 17.3 Å². The van der Waals surface area contributed by atoms with Gasteiger partial charge in [0.15, 0.2) is 23.1 Å². The molecule has 48 heavy (non-hydrogen) atoms. The normalized spacial score (nSPS) is 14.6. The van der Waals surface area contributed by atoms with Crippen LogP contribution in [0, 0.1) is 0 Å². The summed E-state index contributed by atoms with van der Waals surface area (Å²) in [5.74, 6) is 0.670. The van der Waals surface area contributed by atoms with Crippen LogP contribution >= 0.6 is 0 Å². The second kappa shape index (κ2) is 12.5. The number of methoxy groups -OCH3 is 1. The third-order valence-electron chi connectivity index (χ3n) is 8.18. The summed E-state index contributed by atoms with van der Waals surface area (Å²) in [7, 11) is 1.60. The van der Waals surface area contributed by atoms with Gasteiger partial charge >= 0.3 is 6.18 Å². The third-order valence-corrected chi connectivity index (χ3v) is 8.18. The molecule has 0 spiro atoms. The fourth-order valence-electron chi connectivity index (χ4n) is 5.84. The lowest BCUT2D eigenvalue weighted by Crippen LogP contribution is -2.51. The van der Waals surface area contributed by atoms with E-state index in [4.69, 9.17) is 19.6 Å². The number of carbonyl (C=O) groups excluding carboxylic acids is 1. The number of nitrogens with zero attached hydrogens (tertiary/aromatic N) is 8. The fourth-order valence-corrected chi connectivity index (χ4v) is 5.84. The number of fused-ring (bicyclic) bond motifs is 3. The van der Waals surface area contributed by atoms with Crippen LogP contribution in [0.1, 0.15) is 17.2 Å². The Labute approximate surface area is 271 Å². The maximum absolute atomic E-state index is 14.4. The molecule has 1 amide bonds. The van der Waals surface area contributed by atoms with Crippen LogP contribution in [0.25, 0.3) is 28.3 Å². The van der Waals surface area contributed by atoms with E-state index in [1.807, 2.05) is 24.3 Å². The van der Waals surface area contributed by atoms with Gasteiger partial charge in [-0.1, -0.05) is 18.2 Å². The molecule has 2 N–H and O–H groups in total. The summed E-state index contributed by atoms with van der Waals surface area (Å²) in [6, 6.07) is 14.4. The highest BCUT2D eigenvalue weighted by Gasteiger charge is 2.40. The Hall–Kier alpha value is -5.64. The predicted molar refractivity (Wildman–Crippen MR) is 168 cm³/mol. The van der Waals surface area contributed by atoms with Gasteiger partial charge in [0.05, 0.1) is 30.0 Å². The van der Waals surface area contributed by atoms with Gasteiger partial charge in [0.2, 0.25) is 11.8 Å². The zero-order valence-electron chi connectivity index (χ0n) is 25.7. The molecule has 7 rings (SSSR count). The quantitative estimate of drug-likeness (QED) is 0.223. The number of halogens is 3. The van der Waals surface area contributed by atoms with Gasteiger partial charge < -0.3 is 29.4 Å². The van der Waals surface area contributed by atoms with E-state index in [1.165, 1.54) is 39.9 Å². The second-order valence-electron chi connectivity index (χ2n) is 11.1. The summed E-state index contributed by atoms with van der Waals surface area (Å²) in [5.41, 5.74) is 6.34. The Bertz CT molecular complexity index is 2050. The highest BCUT2D eigenvalue weighted by molar-refractivity contribution is 5.93. The summed E-state index contributed by atoms with van der Waals surface area (Å²) in [5, 5.41) is 9.14. The summed E-state index contributed by atoms with van der Waals surface area (Å²) in [4.78, 5) is 27.0. The van der Waals surface area contributed by atoms with Crippen LogP contribution in [-0.4, -0.2) is 86.7 Å². The van der Waals surface area contributed by atoms with Crippen molar-refractivity contribution in [2.45, 2.75) is 12.2 Å². The molecule has 5 heterocycles. The van der Waals surface area contributed by atoms with Crippen molar-refractivity contribution in [3.05, 3.63) is 84.3 Å². The average Bonchev–Trinajstić information content (AvgIpc) is 3.86. The first-order valence-electron chi connectivity index (χ1n) is 15.1. The van der Waals surface area contributed by atoms with Crippen molar-refractivity contribution >= 4 is 34.2 Å². The Kier molecular flexibility index (Phi) is 8.08. The van der Waals surface area contributed by atoms with E-state index >= 15 is 0 Å². The zero-order chi connectivity index (χ0) is 33.4. The number of anilines is 2. The minimum absolute atomic E-state index is 0.0835. The van der Waals surface area contributed by atoms with Crippen molar-refractivity contribution in [2.75, 3.05) is 57.1 Å². The summed E-state index contributed by atoms with van der Waals surface area (Å²) in [6.07, 6.45) is -1.86. The van der Waals surface area contributed by atoms with E-state index < -0.39 is 23.7 Å². The van der Waals surface area contributed by atoms with Crippen LogP contribution in [0.3, 0.4) is 0 Å². The second-order valence-corrected chi connectivity index (χ2v) is 11.1. The van der Waals surface area contributed by atoms with Gasteiger partial charge in [0, 0.05) is 39.0 Å². The molecule has 13 nitrogen and oxygen atoms in total. The molecule has 248 valence electrons. The van der Waals surface area contributed by atoms with Gasteiger partial charge in [0.25, 0.3) is 5.91 Å². The monoisotopic (exact) mass is 661 g/mol. The van der Waals surface area contributed by atoms with E-state index in [9.17, 15) is 18.0 Å². The smallest absolute Gasteiger partial charge is 0.416 e. The number of nitrogen functional groups attached to an aromatic ring is 1. The van der Waals surface area contributed by atoms with Crippen LogP contribution in [0.5, 0.6) is 5.75 Å². The molecule has 1 aliphatic heterocycles. The van der Waals surface area contributed by atoms with Crippen molar-refractivity contribution in [1.29, 1.82) is 0 Å². The van der Waals surface area contributed by atoms with E-state index in [0.29, 0.717) is 43.2 Å². The van der Waals surface area contributed by atoms with Gasteiger partial charge in [-0.3, -0.25) is 4.79 Å². The summed E-state index contributed by atoms with van der Waals surface area (Å²) in [6.45, 7) is 2.37. The maximum atomic E-state index is 14.4. The molecule has 0 aliphatic carbocycles. The highest BCUT2D eigenvalue weighted by atomic mass is 19.4. The number of rotatable bonds is 9. The molecule has 6 aromatic rings. The number of hydrogen-bond donors (Lipinski definition) is 1. The Balaban J connectivity index is 1.22. The molecule has 4 aromatic heterocycles. The molecule has 1 aliphatic rings. The molecule has 16 heteroatoms. The number of furan rings is 1. The SMILES string of the molecule is COCCOc1ccc(N2CCN(C(=O)C(c3ccccc3C(F)(F)F)n3ncc4c3nc(N)n3nc(-c5ccco5)nc43)CC2)cc1. The molecule has 0 radical (unpaired) electrons. The number of hydrogen-bond acceptors (Lipinski definition) is 10.